The van der Waals surface area contributed by atoms with Gasteiger partial charge in [-0.25, -0.2) is 5.06 Å². The Labute approximate surface area is 99.6 Å². The molecule has 1 amide bonds. The van der Waals surface area contributed by atoms with Crippen molar-refractivity contribution < 1.29 is 28.3 Å². The quantitative estimate of drug-likeness (QED) is 0.737. The highest BCUT2D eigenvalue weighted by Gasteiger charge is 2.42. The lowest BCUT2D eigenvalue weighted by Crippen LogP contribution is -2.51. The van der Waals surface area contributed by atoms with Gasteiger partial charge in [0.05, 0.1) is 16.9 Å². The summed E-state index contributed by atoms with van der Waals surface area (Å²) in [6.45, 7) is 0. The maximum Gasteiger partial charge on any atom is 0.418 e. The van der Waals surface area contributed by atoms with E-state index in [0.717, 1.165) is 19.2 Å². The third kappa shape index (κ3) is 1.70. The van der Waals surface area contributed by atoms with E-state index in [1.807, 2.05) is 0 Å². The molecule has 2 N–H and O–H groups in total. The first-order valence-corrected chi connectivity index (χ1v) is 4.89. The third-order valence-corrected chi connectivity index (χ3v) is 2.69. The number of para-hydroxylation sites is 1. The van der Waals surface area contributed by atoms with Gasteiger partial charge in [0.25, 0.3) is 5.91 Å². The predicted molar refractivity (Wildman–Crippen MR) is 55.1 cm³/mol. The molecule has 0 aliphatic carbocycles. The highest BCUT2D eigenvalue weighted by atomic mass is 19.4. The number of alkyl halides is 3. The number of hydrogen-bond acceptors (Lipinski definition) is 4. The molecule has 0 fully saturated rings. The van der Waals surface area contributed by atoms with E-state index < -0.39 is 29.6 Å². The Bertz CT molecular complexity index is 504. The summed E-state index contributed by atoms with van der Waals surface area (Å²) < 4.78 is 38.4. The van der Waals surface area contributed by atoms with Crippen LogP contribution in [0.1, 0.15) is 5.56 Å². The fourth-order valence-corrected chi connectivity index (χ4v) is 1.82. The van der Waals surface area contributed by atoms with Crippen molar-refractivity contribution in [2.24, 2.45) is 0 Å². The largest absolute Gasteiger partial charge is 0.418 e. The Morgan fingerprint density at radius 2 is 1.94 bits per heavy atom. The zero-order valence-corrected chi connectivity index (χ0v) is 9.14. The van der Waals surface area contributed by atoms with Crippen LogP contribution in [0.25, 0.3) is 0 Å². The van der Waals surface area contributed by atoms with Gasteiger partial charge >= 0.3 is 6.18 Å². The minimum atomic E-state index is -4.66. The maximum absolute atomic E-state index is 12.8. The van der Waals surface area contributed by atoms with Gasteiger partial charge in [0, 0.05) is 7.05 Å². The van der Waals surface area contributed by atoms with Gasteiger partial charge in [0.2, 0.25) is 6.23 Å². The molecular formula is C10H9F3N2O3. The number of hydrogen-bond donors (Lipinski definition) is 2. The van der Waals surface area contributed by atoms with Crippen LogP contribution in [0.5, 0.6) is 0 Å². The number of carbonyl (C=O) groups excluding carboxylic acids is 1. The number of likely N-dealkylation sites (N-methyl/N-ethyl adjacent to an activating group) is 1. The van der Waals surface area contributed by atoms with Crippen LogP contribution in [0, 0.1) is 0 Å². The lowest BCUT2D eigenvalue weighted by molar-refractivity contribution is -0.137. The number of halogens is 3. The minimum absolute atomic E-state index is 0.118. The number of amides is 1. The lowest BCUT2D eigenvalue weighted by atomic mass is 10.1. The van der Waals surface area contributed by atoms with Gasteiger partial charge in [-0.3, -0.25) is 10.0 Å². The molecule has 1 heterocycles. The smallest absolute Gasteiger partial charge is 0.364 e. The van der Waals surface area contributed by atoms with Crippen LogP contribution in [-0.4, -0.2) is 29.5 Å². The second kappa shape index (κ2) is 3.85. The SMILES string of the molecule is CN1C(=O)C(O)N(O)c2cccc(C(F)(F)F)c21. The Hall–Kier alpha value is -1.80. The summed E-state index contributed by atoms with van der Waals surface area (Å²) in [6, 6.07) is 3.06. The van der Waals surface area contributed by atoms with E-state index in [2.05, 4.69) is 0 Å². The summed E-state index contributed by atoms with van der Waals surface area (Å²) >= 11 is 0. The molecule has 98 valence electrons. The number of hydroxylamine groups is 1. The summed E-state index contributed by atoms with van der Waals surface area (Å²) in [6.07, 6.45) is -6.57. The van der Waals surface area contributed by atoms with Gasteiger partial charge in [0.15, 0.2) is 0 Å². The van der Waals surface area contributed by atoms with Crippen molar-refractivity contribution >= 4 is 17.3 Å². The molecule has 1 aromatic carbocycles. The summed E-state index contributed by atoms with van der Waals surface area (Å²) in [5.41, 5.74) is -1.82. The van der Waals surface area contributed by atoms with Crippen molar-refractivity contribution in [2.75, 3.05) is 17.0 Å². The van der Waals surface area contributed by atoms with E-state index in [0.29, 0.717) is 4.90 Å². The fraction of sp³-hybridized carbons (Fsp3) is 0.300. The zero-order valence-electron chi connectivity index (χ0n) is 9.14. The zero-order chi connectivity index (χ0) is 13.7. The molecule has 1 aliphatic heterocycles. The molecule has 1 aromatic rings. The van der Waals surface area contributed by atoms with Crippen LogP contribution in [0.15, 0.2) is 18.2 Å². The van der Waals surface area contributed by atoms with Crippen molar-refractivity contribution in [3.8, 4) is 0 Å². The molecule has 0 saturated carbocycles. The van der Waals surface area contributed by atoms with Gasteiger partial charge in [0.1, 0.15) is 0 Å². The molecule has 1 aliphatic rings. The molecule has 0 spiro atoms. The summed E-state index contributed by atoms with van der Waals surface area (Å²) in [7, 11) is 1.10. The van der Waals surface area contributed by atoms with E-state index in [4.69, 9.17) is 0 Å². The Balaban J connectivity index is 2.69. The van der Waals surface area contributed by atoms with E-state index >= 15 is 0 Å². The van der Waals surface area contributed by atoms with Gasteiger partial charge < -0.3 is 10.0 Å². The van der Waals surface area contributed by atoms with Gasteiger partial charge in [-0.1, -0.05) is 6.07 Å². The average Bonchev–Trinajstić information content (AvgIpc) is 2.31. The Kier molecular flexibility index (Phi) is 2.71. The number of aliphatic hydroxyl groups excluding tert-OH is 1. The van der Waals surface area contributed by atoms with Crippen LogP contribution in [0.2, 0.25) is 0 Å². The molecule has 18 heavy (non-hydrogen) atoms. The molecule has 2 rings (SSSR count). The van der Waals surface area contributed by atoms with Crippen LogP contribution in [0.3, 0.4) is 0 Å². The van der Waals surface area contributed by atoms with Crippen LogP contribution < -0.4 is 9.96 Å². The van der Waals surface area contributed by atoms with Crippen LogP contribution >= 0.6 is 0 Å². The van der Waals surface area contributed by atoms with Crippen molar-refractivity contribution in [1.29, 1.82) is 0 Å². The summed E-state index contributed by atoms with van der Waals surface area (Å²) in [5.74, 6) is -1.04. The Morgan fingerprint density at radius 1 is 1.33 bits per heavy atom. The predicted octanol–water partition coefficient (Wildman–Crippen LogP) is 1.20. The first kappa shape index (κ1) is 12.7. The molecule has 0 radical (unpaired) electrons. The molecule has 8 heteroatoms. The minimum Gasteiger partial charge on any atom is -0.364 e. The van der Waals surface area contributed by atoms with Crippen LogP contribution in [-0.2, 0) is 11.0 Å². The maximum atomic E-state index is 12.8. The van der Waals surface area contributed by atoms with E-state index in [9.17, 15) is 28.3 Å². The molecular weight excluding hydrogens is 253 g/mol. The lowest BCUT2D eigenvalue weighted by Gasteiger charge is -2.36. The number of rotatable bonds is 0. The molecule has 1 unspecified atom stereocenters. The summed E-state index contributed by atoms with van der Waals surface area (Å²) in [4.78, 5) is 12.2. The van der Waals surface area contributed by atoms with E-state index in [1.165, 1.54) is 6.07 Å². The van der Waals surface area contributed by atoms with Crippen LogP contribution in [0.4, 0.5) is 24.5 Å². The third-order valence-electron chi connectivity index (χ3n) is 2.69. The number of anilines is 2. The standard InChI is InChI=1S/C10H9F3N2O3/c1-14-7-5(10(11,12)13)3-2-4-6(7)15(18)9(17)8(14)16/h2-4,9,17-18H,1H3. The molecule has 5 nitrogen and oxygen atoms in total. The van der Waals surface area contributed by atoms with Crippen molar-refractivity contribution in [1.82, 2.24) is 0 Å². The van der Waals surface area contributed by atoms with E-state index in [-0.39, 0.29) is 10.8 Å². The fourth-order valence-electron chi connectivity index (χ4n) is 1.82. The van der Waals surface area contributed by atoms with Gasteiger partial charge in [-0.15, -0.1) is 0 Å². The molecule has 0 aromatic heterocycles. The number of aliphatic hydroxyl groups is 1. The topological polar surface area (TPSA) is 64.0 Å². The molecule has 0 bridgehead atoms. The van der Waals surface area contributed by atoms with E-state index in [1.54, 1.807) is 0 Å². The number of nitrogens with zero attached hydrogens (tertiary/aromatic N) is 2. The first-order chi connectivity index (χ1) is 8.25. The summed E-state index contributed by atoms with van der Waals surface area (Å²) in [5, 5.41) is 19.0. The average molecular weight is 262 g/mol. The first-order valence-electron chi connectivity index (χ1n) is 4.89. The van der Waals surface area contributed by atoms with Gasteiger partial charge in [-0.2, -0.15) is 13.2 Å². The monoisotopic (exact) mass is 262 g/mol. The van der Waals surface area contributed by atoms with Gasteiger partial charge in [-0.05, 0) is 12.1 Å². The number of benzene rings is 1. The number of fused-ring (bicyclic) bond motifs is 1. The van der Waals surface area contributed by atoms with Crippen molar-refractivity contribution in [3.63, 3.8) is 0 Å². The highest BCUT2D eigenvalue weighted by molar-refractivity contribution is 6.04. The normalized spacial score (nSPS) is 20.1. The molecule has 0 saturated heterocycles. The molecule has 1 atom stereocenters. The number of carbonyl (C=O) groups is 1. The Morgan fingerprint density at radius 3 is 2.50 bits per heavy atom. The second-order valence-corrected chi connectivity index (χ2v) is 3.79. The second-order valence-electron chi connectivity index (χ2n) is 3.79. The highest BCUT2D eigenvalue weighted by Crippen LogP contribution is 2.43. The van der Waals surface area contributed by atoms with Crippen molar-refractivity contribution in [3.05, 3.63) is 23.8 Å². The van der Waals surface area contributed by atoms with Crippen molar-refractivity contribution in [2.45, 2.75) is 12.4 Å².